The molecule has 2 rings (SSSR count). The minimum absolute atomic E-state index is 0.115. The Kier molecular flexibility index (Phi) is 4.77. The van der Waals surface area contributed by atoms with Gasteiger partial charge in [-0.3, -0.25) is 4.79 Å². The minimum atomic E-state index is -0.347. The van der Waals surface area contributed by atoms with Gasteiger partial charge in [0.25, 0.3) is 5.91 Å². The largest absolute Gasteiger partial charge is 0.494 e. The Morgan fingerprint density at radius 2 is 2.05 bits per heavy atom. The predicted molar refractivity (Wildman–Crippen MR) is 79.6 cm³/mol. The van der Waals surface area contributed by atoms with Crippen molar-refractivity contribution in [1.82, 2.24) is 5.32 Å². The van der Waals surface area contributed by atoms with Gasteiger partial charge in [-0.2, -0.15) is 0 Å². The Balaban J connectivity index is 2.08. The minimum Gasteiger partial charge on any atom is -0.494 e. The number of hydrogen-bond donors (Lipinski definition) is 2. The number of ether oxygens (including phenoxy) is 1. The summed E-state index contributed by atoms with van der Waals surface area (Å²) in [5, 5.41) is 2.66. The molecule has 0 fully saturated rings. The highest BCUT2D eigenvalue weighted by molar-refractivity contribution is 5.95. The van der Waals surface area contributed by atoms with E-state index < -0.39 is 0 Å². The molecular formula is C16H17FN2O2. The lowest BCUT2D eigenvalue weighted by molar-refractivity contribution is 0.0950. The Morgan fingerprint density at radius 3 is 2.76 bits per heavy atom. The molecule has 1 amide bonds. The van der Waals surface area contributed by atoms with Crippen LogP contribution < -0.4 is 15.8 Å². The Hall–Kier alpha value is -2.56. The summed E-state index contributed by atoms with van der Waals surface area (Å²) in [6, 6.07) is 11.1. The summed E-state index contributed by atoms with van der Waals surface area (Å²) in [5.41, 5.74) is 6.99. The summed E-state index contributed by atoms with van der Waals surface area (Å²) in [4.78, 5) is 12.1. The van der Waals surface area contributed by atoms with Crippen LogP contribution in [0.4, 0.5) is 10.1 Å². The number of nitrogens with one attached hydrogen (secondary N) is 1. The van der Waals surface area contributed by atoms with Crippen molar-refractivity contribution in [3.05, 3.63) is 59.4 Å². The smallest absolute Gasteiger partial charge is 0.251 e. The highest BCUT2D eigenvalue weighted by atomic mass is 19.1. The van der Waals surface area contributed by atoms with Crippen molar-refractivity contribution >= 4 is 11.6 Å². The van der Waals surface area contributed by atoms with Crippen molar-refractivity contribution in [2.45, 2.75) is 13.5 Å². The zero-order chi connectivity index (χ0) is 15.2. The second kappa shape index (κ2) is 6.74. The van der Waals surface area contributed by atoms with Crippen LogP contribution in [-0.4, -0.2) is 12.5 Å². The number of halogens is 1. The Morgan fingerprint density at radius 1 is 1.29 bits per heavy atom. The van der Waals surface area contributed by atoms with E-state index in [0.717, 1.165) is 0 Å². The van der Waals surface area contributed by atoms with Crippen LogP contribution in [0.5, 0.6) is 5.75 Å². The van der Waals surface area contributed by atoms with E-state index in [1.807, 2.05) is 6.92 Å². The molecule has 3 N–H and O–H groups in total. The molecule has 0 aliphatic heterocycles. The first-order valence-electron chi connectivity index (χ1n) is 6.65. The third kappa shape index (κ3) is 3.95. The second-order valence-corrected chi connectivity index (χ2v) is 4.50. The molecule has 0 unspecified atom stereocenters. The van der Waals surface area contributed by atoms with Crippen LogP contribution in [0.25, 0.3) is 0 Å². The van der Waals surface area contributed by atoms with Gasteiger partial charge in [0.05, 0.1) is 6.61 Å². The number of anilines is 1. The molecule has 2 aromatic carbocycles. The average Bonchev–Trinajstić information content (AvgIpc) is 2.46. The number of nitrogen functional groups attached to an aromatic ring is 1. The number of amides is 1. The Labute approximate surface area is 122 Å². The van der Waals surface area contributed by atoms with Crippen LogP contribution in [0.2, 0.25) is 0 Å². The fourth-order valence-electron chi connectivity index (χ4n) is 1.92. The summed E-state index contributed by atoms with van der Waals surface area (Å²) < 4.78 is 18.8. The van der Waals surface area contributed by atoms with Crippen LogP contribution in [0.15, 0.2) is 42.5 Å². The van der Waals surface area contributed by atoms with Crippen LogP contribution in [0.1, 0.15) is 22.8 Å². The third-order valence-electron chi connectivity index (χ3n) is 2.90. The van der Waals surface area contributed by atoms with Gasteiger partial charge in [0, 0.05) is 29.4 Å². The summed E-state index contributed by atoms with van der Waals surface area (Å²) in [6.07, 6.45) is 0. The monoisotopic (exact) mass is 288 g/mol. The molecule has 0 aliphatic rings. The summed E-state index contributed by atoms with van der Waals surface area (Å²) in [7, 11) is 0. The lowest BCUT2D eigenvalue weighted by Crippen LogP contribution is -2.23. The van der Waals surface area contributed by atoms with Crippen LogP contribution in [-0.2, 0) is 6.54 Å². The molecule has 0 spiro atoms. The molecule has 4 nitrogen and oxygen atoms in total. The number of rotatable bonds is 5. The quantitative estimate of drug-likeness (QED) is 0.831. The molecule has 0 bridgehead atoms. The lowest BCUT2D eigenvalue weighted by atomic mass is 10.1. The fourth-order valence-corrected chi connectivity index (χ4v) is 1.92. The molecule has 0 aromatic heterocycles. The van der Waals surface area contributed by atoms with Crippen molar-refractivity contribution in [3.63, 3.8) is 0 Å². The van der Waals surface area contributed by atoms with E-state index in [0.29, 0.717) is 29.2 Å². The highest BCUT2D eigenvalue weighted by Crippen LogP contribution is 2.19. The maximum Gasteiger partial charge on any atom is 0.251 e. The molecule has 0 heterocycles. The van der Waals surface area contributed by atoms with Crippen molar-refractivity contribution < 1.29 is 13.9 Å². The summed E-state index contributed by atoms with van der Waals surface area (Å²) in [6.45, 7) is 2.45. The number of carbonyl (C=O) groups is 1. The van der Waals surface area contributed by atoms with Crippen molar-refractivity contribution in [2.75, 3.05) is 12.3 Å². The number of hydrogen-bond acceptors (Lipinski definition) is 3. The first kappa shape index (κ1) is 14.8. The molecule has 2 aromatic rings. The zero-order valence-electron chi connectivity index (χ0n) is 11.7. The SMILES string of the molecule is CCOc1cc(N)cc(C(=O)NCc2ccccc2F)c1. The average molecular weight is 288 g/mol. The van der Waals surface area contributed by atoms with Crippen molar-refractivity contribution in [2.24, 2.45) is 0 Å². The van der Waals surface area contributed by atoms with Crippen LogP contribution in [0, 0.1) is 5.82 Å². The molecule has 0 saturated heterocycles. The van der Waals surface area contributed by atoms with E-state index in [-0.39, 0.29) is 18.3 Å². The second-order valence-electron chi connectivity index (χ2n) is 4.50. The van der Waals surface area contributed by atoms with Gasteiger partial charge in [-0.05, 0) is 25.1 Å². The van der Waals surface area contributed by atoms with Gasteiger partial charge in [0.15, 0.2) is 0 Å². The van der Waals surface area contributed by atoms with Crippen molar-refractivity contribution in [3.8, 4) is 5.75 Å². The van der Waals surface area contributed by atoms with E-state index in [9.17, 15) is 9.18 Å². The molecule has 0 atom stereocenters. The molecule has 5 heteroatoms. The topological polar surface area (TPSA) is 64.3 Å². The number of carbonyl (C=O) groups excluding carboxylic acids is 1. The Bertz CT molecular complexity index is 644. The molecule has 110 valence electrons. The van der Waals surface area contributed by atoms with Gasteiger partial charge in [0.1, 0.15) is 11.6 Å². The van der Waals surface area contributed by atoms with Gasteiger partial charge in [-0.1, -0.05) is 18.2 Å². The van der Waals surface area contributed by atoms with E-state index in [4.69, 9.17) is 10.5 Å². The first-order chi connectivity index (χ1) is 10.1. The van der Waals surface area contributed by atoms with E-state index >= 15 is 0 Å². The third-order valence-corrected chi connectivity index (χ3v) is 2.90. The lowest BCUT2D eigenvalue weighted by Gasteiger charge is -2.09. The van der Waals surface area contributed by atoms with E-state index in [1.165, 1.54) is 6.07 Å². The molecular weight excluding hydrogens is 271 g/mol. The molecule has 21 heavy (non-hydrogen) atoms. The summed E-state index contributed by atoms with van der Waals surface area (Å²) >= 11 is 0. The van der Waals surface area contributed by atoms with Gasteiger partial charge < -0.3 is 15.8 Å². The standard InChI is InChI=1S/C16H17FN2O2/c1-2-21-14-8-12(7-13(18)9-14)16(20)19-10-11-5-3-4-6-15(11)17/h3-9H,2,10,18H2,1H3,(H,19,20). The maximum atomic E-state index is 13.5. The zero-order valence-corrected chi connectivity index (χ0v) is 11.7. The molecule has 0 aliphatic carbocycles. The van der Waals surface area contributed by atoms with Gasteiger partial charge >= 0.3 is 0 Å². The normalized spacial score (nSPS) is 10.2. The molecule has 0 radical (unpaired) electrons. The van der Waals surface area contributed by atoms with Gasteiger partial charge in [-0.25, -0.2) is 4.39 Å². The van der Waals surface area contributed by atoms with Crippen molar-refractivity contribution in [1.29, 1.82) is 0 Å². The van der Waals surface area contributed by atoms with Gasteiger partial charge in [0.2, 0.25) is 0 Å². The maximum absolute atomic E-state index is 13.5. The van der Waals surface area contributed by atoms with Gasteiger partial charge in [-0.15, -0.1) is 0 Å². The van der Waals surface area contributed by atoms with Crippen LogP contribution >= 0.6 is 0 Å². The van der Waals surface area contributed by atoms with E-state index in [2.05, 4.69) is 5.32 Å². The summed E-state index contributed by atoms with van der Waals surface area (Å²) in [5.74, 6) is -0.138. The molecule has 0 saturated carbocycles. The predicted octanol–water partition coefficient (Wildman–Crippen LogP) is 2.74. The van der Waals surface area contributed by atoms with E-state index in [1.54, 1.807) is 36.4 Å². The van der Waals surface area contributed by atoms with Crippen LogP contribution in [0.3, 0.4) is 0 Å². The number of benzene rings is 2. The fraction of sp³-hybridized carbons (Fsp3) is 0.188. The first-order valence-corrected chi connectivity index (χ1v) is 6.65. The number of nitrogens with two attached hydrogens (primary N) is 1. The highest BCUT2D eigenvalue weighted by Gasteiger charge is 2.09.